The molecule has 172 valence electrons. The van der Waals surface area contributed by atoms with Crippen LogP contribution in [0.25, 0.3) is 0 Å². The smallest absolute Gasteiger partial charge is 0.242 e. The number of carbonyl (C=O) groups is 1. The van der Waals surface area contributed by atoms with Gasteiger partial charge in [-0.1, -0.05) is 35.0 Å². The zero-order valence-corrected chi connectivity index (χ0v) is 19.1. The Bertz CT molecular complexity index is 1100. The molecule has 1 N–H and O–H groups in total. The molecule has 33 heavy (non-hydrogen) atoms. The first-order valence-electron chi connectivity index (χ1n) is 11.3. The van der Waals surface area contributed by atoms with Gasteiger partial charge in [0.05, 0.1) is 24.5 Å². The minimum absolute atomic E-state index is 0.110. The molecule has 1 atom stereocenters. The second kappa shape index (κ2) is 9.80. The van der Waals surface area contributed by atoms with Crippen LogP contribution >= 0.6 is 11.6 Å². The van der Waals surface area contributed by atoms with Crippen molar-refractivity contribution in [2.24, 2.45) is 0 Å². The van der Waals surface area contributed by atoms with Gasteiger partial charge in [0.15, 0.2) is 0 Å². The number of hydrogen-bond donors (Lipinski definition) is 1. The highest BCUT2D eigenvalue weighted by Crippen LogP contribution is 2.33. The minimum atomic E-state index is -0.121. The number of nitrogens with one attached hydrogen (secondary N) is 1. The molecule has 0 aliphatic carbocycles. The van der Waals surface area contributed by atoms with E-state index >= 15 is 0 Å². The van der Waals surface area contributed by atoms with Crippen LogP contribution in [0.3, 0.4) is 0 Å². The molecule has 1 fully saturated rings. The molecule has 1 saturated heterocycles. The summed E-state index contributed by atoms with van der Waals surface area (Å²) >= 11 is 6.13. The molecule has 3 aromatic rings. The number of amides is 1. The average molecular weight is 467 g/mol. The maximum absolute atomic E-state index is 12.7. The Balaban J connectivity index is 1.12. The maximum Gasteiger partial charge on any atom is 0.242 e. The van der Waals surface area contributed by atoms with Crippen LogP contribution in [-0.2, 0) is 17.9 Å². The standard InChI is InChI=1S/C24H27ClN6O2/c25-18-6-7-23-21(14-18)22(8-13-33-23)26-24(32)17-31-16-19(27-28-31)15-29-9-11-30(12-10-29)20-4-2-1-3-5-20/h1-7,14,16,22H,8-13,15,17H2,(H,26,32). The summed E-state index contributed by atoms with van der Waals surface area (Å²) in [5.41, 5.74) is 3.05. The second-order valence-electron chi connectivity index (χ2n) is 8.45. The van der Waals surface area contributed by atoms with Crippen LogP contribution in [0.2, 0.25) is 5.02 Å². The fourth-order valence-electron chi connectivity index (χ4n) is 4.42. The van der Waals surface area contributed by atoms with Crippen molar-refractivity contribution in [1.82, 2.24) is 25.2 Å². The van der Waals surface area contributed by atoms with E-state index in [9.17, 15) is 4.79 Å². The first kappa shape index (κ1) is 21.7. The number of hydrogen-bond acceptors (Lipinski definition) is 6. The van der Waals surface area contributed by atoms with Crippen molar-refractivity contribution in [2.45, 2.75) is 25.6 Å². The molecule has 3 heterocycles. The zero-order valence-electron chi connectivity index (χ0n) is 18.4. The highest BCUT2D eigenvalue weighted by molar-refractivity contribution is 6.30. The number of nitrogens with zero attached hydrogens (tertiary/aromatic N) is 5. The number of ether oxygens (including phenoxy) is 1. The van der Waals surface area contributed by atoms with E-state index in [-0.39, 0.29) is 18.5 Å². The van der Waals surface area contributed by atoms with Gasteiger partial charge in [0, 0.05) is 55.4 Å². The molecule has 9 heteroatoms. The van der Waals surface area contributed by atoms with Crippen LogP contribution in [0.15, 0.2) is 54.7 Å². The molecule has 2 aliphatic rings. The largest absolute Gasteiger partial charge is 0.493 e. The Morgan fingerprint density at radius 1 is 1.12 bits per heavy atom. The second-order valence-corrected chi connectivity index (χ2v) is 8.88. The molecule has 1 aromatic heterocycles. The normalized spacial score (nSPS) is 18.5. The first-order chi connectivity index (χ1) is 16.1. The molecule has 2 aromatic carbocycles. The average Bonchev–Trinajstić information content (AvgIpc) is 3.27. The maximum atomic E-state index is 12.7. The van der Waals surface area contributed by atoms with Crippen LogP contribution in [0, 0.1) is 0 Å². The summed E-state index contributed by atoms with van der Waals surface area (Å²) in [4.78, 5) is 17.4. The fourth-order valence-corrected chi connectivity index (χ4v) is 4.60. The number of rotatable bonds is 6. The predicted octanol–water partition coefficient (Wildman–Crippen LogP) is 2.89. The lowest BCUT2D eigenvalue weighted by Gasteiger charge is -2.35. The monoisotopic (exact) mass is 466 g/mol. The van der Waals surface area contributed by atoms with E-state index in [0.717, 1.165) is 49.7 Å². The summed E-state index contributed by atoms with van der Waals surface area (Å²) in [6, 6.07) is 15.9. The predicted molar refractivity (Wildman–Crippen MR) is 126 cm³/mol. The molecule has 5 rings (SSSR count). The summed E-state index contributed by atoms with van der Waals surface area (Å²) in [5, 5.41) is 12.1. The van der Waals surface area contributed by atoms with E-state index in [2.05, 4.69) is 49.7 Å². The van der Waals surface area contributed by atoms with Gasteiger partial charge in [-0.2, -0.15) is 0 Å². The van der Waals surface area contributed by atoms with E-state index in [1.807, 2.05) is 24.4 Å². The number of halogens is 1. The van der Waals surface area contributed by atoms with Gasteiger partial charge in [-0.25, -0.2) is 4.68 Å². The highest BCUT2D eigenvalue weighted by Gasteiger charge is 2.24. The fraction of sp³-hybridized carbons (Fsp3) is 0.375. The van der Waals surface area contributed by atoms with Crippen molar-refractivity contribution < 1.29 is 9.53 Å². The first-order valence-corrected chi connectivity index (χ1v) is 11.6. The molecular formula is C24H27ClN6O2. The molecule has 0 bridgehead atoms. The van der Waals surface area contributed by atoms with Gasteiger partial charge in [-0.3, -0.25) is 9.69 Å². The Morgan fingerprint density at radius 3 is 2.76 bits per heavy atom. The molecular weight excluding hydrogens is 440 g/mol. The third kappa shape index (κ3) is 5.29. The van der Waals surface area contributed by atoms with Crippen molar-refractivity contribution in [3.8, 4) is 5.75 Å². The summed E-state index contributed by atoms with van der Waals surface area (Å²) in [5.74, 6) is 0.659. The Morgan fingerprint density at radius 2 is 1.94 bits per heavy atom. The number of fused-ring (bicyclic) bond motifs is 1. The Labute approximate surface area is 198 Å². The third-order valence-electron chi connectivity index (χ3n) is 6.12. The van der Waals surface area contributed by atoms with Crippen LogP contribution in [0.1, 0.15) is 23.7 Å². The van der Waals surface area contributed by atoms with Gasteiger partial charge in [0.1, 0.15) is 12.3 Å². The topological polar surface area (TPSA) is 75.5 Å². The van der Waals surface area contributed by atoms with Gasteiger partial charge >= 0.3 is 0 Å². The third-order valence-corrected chi connectivity index (χ3v) is 6.35. The Hall–Kier alpha value is -3.10. The van der Waals surface area contributed by atoms with Crippen molar-refractivity contribution in [1.29, 1.82) is 0 Å². The molecule has 2 aliphatic heterocycles. The highest BCUT2D eigenvalue weighted by atomic mass is 35.5. The van der Waals surface area contributed by atoms with Crippen molar-refractivity contribution in [2.75, 3.05) is 37.7 Å². The minimum Gasteiger partial charge on any atom is -0.493 e. The molecule has 8 nitrogen and oxygen atoms in total. The van der Waals surface area contributed by atoms with Crippen molar-refractivity contribution in [3.05, 3.63) is 71.0 Å². The van der Waals surface area contributed by atoms with Gasteiger partial charge in [-0.05, 0) is 30.3 Å². The Kier molecular flexibility index (Phi) is 6.46. The number of anilines is 1. The number of piperazine rings is 1. The summed E-state index contributed by atoms with van der Waals surface area (Å²) in [6.07, 6.45) is 2.56. The van der Waals surface area contributed by atoms with E-state index in [4.69, 9.17) is 16.3 Å². The number of benzene rings is 2. The number of para-hydroxylation sites is 1. The van der Waals surface area contributed by atoms with Crippen LogP contribution < -0.4 is 15.0 Å². The van der Waals surface area contributed by atoms with E-state index in [0.29, 0.717) is 18.1 Å². The quantitative estimate of drug-likeness (QED) is 0.602. The SMILES string of the molecule is O=C(Cn1cc(CN2CCN(c3ccccc3)CC2)nn1)NC1CCOc2ccc(Cl)cc21. The number of aromatic nitrogens is 3. The summed E-state index contributed by atoms with van der Waals surface area (Å²) < 4.78 is 7.27. The molecule has 1 unspecified atom stereocenters. The van der Waals surface area contributed by atoms with Gasteiger partial charge in [0.2, 0.25) is 5.91 Å². The molecule has 0 saturated carbocycles. The number of carbonyl (C=O) groups excluding carboxylic acids is 1. The zero-order chi connectivity index (χ0) is 22.6. The van der Waals surface area contributed by atoms with E-state index in [1.165, 1.54) is 5.69 Å². The van der Waals surface area contributed by atoms with Crippen LogP contribution in [0.5, 0.6) is 5.75 Å². The summed E-state index contributed by atoms with van der Waals surface area (Å²) in [7, 11) is 0. The van der Waals surface area contributed by atoms with Gasteiger partial charge in [-0.15, -0.1) is 5.10 Å². The lowest BCUT2D eigenvalue weighted by Crippen LogP contribution is -2.46. The molecule has 1 amide bonds. The van der Waals surface area contributed by atoms with E-state index < -0.39 is 0 Å². The molecule has 0 radical (unpaired) electrons. The summed E-state index contributed by atoms with van der Waals surface area (Å²) in [6.45, 7) is 5.32. The molecule has 0 spiro atoms. The van der Waals surface area contributed by atoms with Crippen LogP contribution in [0.4, 0.5) is 5.69 Å². The van der Waals surface area contributed by atoms with Gasteiger partial charge in [0.25, 0.3) is 0 Å². The lowest BCUT2D eigenvalue weighted by molar-refractivity contribution is -0.122. The van der Waals surface area contributed by atoms with Crippen molar-refractivity contribution >= 4 is 23.2 Å². The van der Waals surface area contributed by atoms with Crippen molar-refractivity contribution in [3.63, 3.8) is 0 Å². The lowest BCUT2D eigenvalue weighted by atomic mass is 10.0. The van der Waals surface area contributed by atoms with Crippen LogP contribution in [-0.4, -0.2) is 58.6 Å². The van der Waals surface area contributed by atoms with E-state index in [1.54, 1.807) is 10.7 Å². The van der Waals surface area contributed by atoms with Gasteiger partial charge < -0.3 is 15.0 Å².